The molecule has 1 aromatic carbocycles. The fourth-order valence-corrected chi connectivity index (χ4v) is 1.89. The third kappa shape index (κ3) is 3.60. The number of benzene rings is 1. The van der Waals surface area contributed by atoms with Crippen molar-refractivity contribution in [3.8, 4) is 0 Å². The summed E-state index contributed by atoms with van der Waals surface area (Å²) in [5.74, 6) is 0.0776. The molecule has 0 aliphatic carbocycles. The molecule has 0 atom stereocenters. The molecule has 0 spiro atoms. The summed E-state index contributed by atoms with van der Waals surface area (Å²) in [4.78, 5) is 11.6. The zero-order chi connectivity index (χ0) is 10.6. The van der Waals surface area contributed by atoms with Crippen molar-refractivity contribution in [3.05, 3.63) is 33.8 Å². The summed E-state index contributed by atoms with van der Waals surface area (Å²) in [7, 11) is 0. The van der Waals surface area contributed by atoms with Crippen LogP contribution in [-0.2, 0) is 0 Å². The van der Waals surface area contributed by atoms with Crippen molar-refractivity contribution in [1.29, 1.82) is 0 Å². The summed E-state index contributed by atoms with van der Waals surface area (Å²) in [5, 5.41) is 1.83. The molecule has 1 aromatic rings. The van der Waals surface area contributed by atoms with Gasteiger partial charge in [0.25, 0.3) is 0 Å². The Morgan fingerprint density at radius 2 is 1.79 bits per heavy atom. The van der Waals surface area contributed by atoms with E-state index in [-0.39, 0.29) is 5.78 Å². The standard InChI is InChI=1S/C10H9BrCl2O/c11-3-1-2-10(14)7-4-8(12)6-9(13)5-7/h4-6H,1-3H2. The highest BCUT2D eigenvalue weighted by molar-refractivity contribution is 9.09. The quantitative estimate of drug-likeness (QED) is 0.596. The minimum atomic E-state index is 0.0776. The van der Waals surface area contributed by atoms with Gasteiger partial charge in [0.15, 0.2) is 5.78 Å². The number of Topliss-reactive ketones (excluding diaryl/α,β-unsaturated/α-hetero) is 1. The van der Waals surface area contributed by atoms with Crippen molar-refractivity contribution in [2.24, 2.45) is 0 Å². The number of carbonyl (C=O) groups excluding carboxylic acids is 1. The summed E-state index contributed by atoms with van der Waals surface area (Å²) in [6.07, 6.45) is 1.34. The van der Waals surface area contributed by atoms with Gasteiger partial charge in [0.05, 0.1) is 0 Å². The molecule has 0 radical (unpaired) electrons. The molecule has 4 heteroatoms. The van der Waals surface area contributed by atoms with Crippen molar-refractivity contribution >= 4 is 44.9 Å². The van der Waals surface area contributed by atoms with Crippen LogP contribution in [0.15, 0.2) is 18.2 Å². The van der Waals surface area contributed by atoms with Gasteiger partial charge in [-0.15, -0.1) is 0 Å². The fraction of sp³-hybridized carbons (Fsp3) is 0.300. The van der Waals surface area contributed by atoms with Gasteiger partial charge in [-0.1, -0.05) is 39.1 Å². The monoisotopic (exact) mass is 294 g/mol. The number of rotatable bonds is 4. The molecule has 1 nitrogen and oxygen atoms in total. The van der Waals surface area contributed by atoms with Crippen LogP contribution in [0.1, 0.15) is 23.2 Å². The Hall–Kier alpha value is -0.0500. The number of alkyl halides is 1. The van der Waals surface area contributed by atoms with E-state index >= 15 is 0 Å². The Bertz CT molecular complexity index is 319. The molecule has 1 rings (SSSR count). The Balaban J connectivity index is 2.79. The predicted molar refractivity (Wildman–Crippen MR) is 63.8 cm³/mol. The van der Waals surface area contributed by atoms with Crippen molar-refractivity contribution < 1.29 is 4.79 Å². The third-order valence-electron chi connectivity index (χ3n) is 1.72. The van der Waals surface area contributed by atoms with E-state index in [9.17, 15) is 4.79 Å². The van der Waals surface area contributed by atoms with Gasteiger partial charge in [-0.2, -0.15) is 0 Å². The molecule has 0 aromatic heterocycles. The Morgan fingerprint density at radius 1 is 1.21 bits per heavy atom. The largest absolute Gasteiger partial charge is 0.294 e. The number of hydrogen-bond donors (Lipinski definition) is 0. The van der Waals surface area contributed by atoms with Crippen molar-refractivity contribution in [3.63, 3.8) is 0 Å². The van der Waals surface area contributed by atoms with Crippen LogP contribution in [0.2, 0.25) is 10.0 Å². The number of halogens is 3. The summed E-state index contributed by atoms with van der Waals surface area (Å²) in [5.41, 5.74) is 0.587. The van der Waals surface area contributed by atoms with Crippen molar-refractivity contribution in [2.45, 2.75) is 12.8 Å². The molecule has 0 fully saturated rings. The molecule has 0 saturated carbocycles. The van der Waals surface area contributed by atoms with Gasteiger partial charge in [-0.25, -0.2) is 0 Å². The lowest BCUT2D eigenvalue weighted by atomic mass is 10.1. The molecule has 0 unspecified atom stereocenters. The summed E-state index contributed by atoms with van der Waals surface area (Å²) < 4.78 is 0. The predicted octanol–water partition coefficient (Wildman–Crippen LogP) is 4.35. The van der Waals surface area contributed by atoms with Crippen LogP contribution in [0.4, 0.5) is 0 Å². The van der Waals surface area contributed by atoms with Crippen molar-refractivity contribution in [1.82, 2.24) is 0 Å². The lowest BCUT2D eigenvalue weighted by Crippen LogP contribution is -1.99. The molecule has 0 N–H and O–H groups in total. The maximum atomic E-state index is 11.6. The Kier molecular flexibility index (Phi) is 4.93. The van der Waals surface area contributed by atoms with Crippen LogP contribution in [0.5, 0.6) is 0 Å². The van der Waals surface area contributed by atoms with Gasteiger partial charge < -0.3 is 0 Å². The van der Waals surface area contributed by atoms with Crippen LogP contribution in [0.25, 0.3) is 0 Å². The molecule has 14 heavy (non-hydrogen) atoms. The highest BCUT2D eigenvalue weighted by Gasteiger charge is 2.07. The number of ketones is 1. The van der Waals surface area contributed by atoms with E-state index in [1.165, 1.54) is 0 Å². The smallest absolute Gasteiger partial charge is 0.163 e. The van der Waals surface area contributed by atoms with E-state index < -0.39 is 0 Å². The molecule has 0 amide bonds. The normalized spacial score (nSPS) is 10.2. The molecule has 0 aliphatic heterocycles. The second-order valence-electron chi connectivity index (χ2n) is 2.87. The van der Waals surface area contributed by atoms with Crippen LogP contribution < -0.4 is 0 Å². The van der Waals surface area contributed by atoms with E-state index in [0.717, 1.165) is 11.8 Å². The minimum absolute atomic E-state index is 0.0776. The van der Waals surface area contributed by atoms with Gasteiger partial charge in [-0.3, -0.25) is 4.79 Å². The molecule has 0 aliphatic rings. The number of hydrogen-bond acceptors (Lipinski definition) is 1. The molecule has 76 valence electrons. The van der Waals surface area contributed by atoms with Gasteiger partial charge in [0, 0.05) is 27.4 Å². The van der Waals surface area contributed by atoms with E-state index in [2.05, 4.69) is 15.9 Å². The first-order chi connectivity index (χ1) is 6.63. The Morgan fingerprint density at radius 3 is 2.29 bits per heavy atom. The zero-order valence-electron chi connectivity index (χ0n) is 7.40. The first-order valence-corrected chi connectivity index (χ1v) is 6.06. The summed E-state index contributed by atoms with van der Waals surface area (Å²) in [6, 6.07) is 4.90. The first kappa shape index (κ1) is 12.0. The maximum Gasteiger partial charge on any atom is 0.163 e. The lowest BCUT2D eigenvalue weighted by Gasteiger charge is -2.01. The minimum Gasteiger partial charge on any atom is -0.294 e. The van der Waals surface area contributed by atoms with Gasteiger partial charge in [0.1, 0.15) is 0 Å². The van der Waals surface area contributed by atoms with Crippen LogP contribution >= 0.6 is 39.1 Å². The average Bonchev–Trinajstić information content (AvgIpc) is 2.12. The third-order valence-corrected chi connectivity index (χ3v) is 2.72. The topological polar surface area (TPSA) is 17.1 Å². The highest BCUT2D eigenvalue weighted by atomic mass is 79.9. The summed E-state index contributed by atoms with van der Waals surface area (Å²) >= 11 is 14.8. The maximum absolute atomic E-state index is 11.6. The van der Waals surface area contributed by atoms with Crippen molar-refractivity contribution in [2.75, 3.05) is 5.33 Å². The summed E-state index contributed by atoms with van der Waals surface area (Å²) in [6.45, 7) is 0. The fourth-order valence-electron chi connectivity index (χ4n) is 1.09. The molecule has 0 saturated heterocycles. The van der Waals surface area contributed by atoms with E-state index in [1.807, 2.05) is 0 Å². The van der Waals surface area contributed by atoms with Gasteiger partial charge >= 0.3 is 0 Å². The van der Waals surface area contributed by atoms with Crippen LogP contribution in [-0.4, -0.2) is 11.1 Å². The molecular formula is C10H9BrCl2O. The van der Waals surface area contributed by atoms with Gasteiger partial charge in [-0.05, 0) is 24.6 Å². The van der Waals surface area contributed by atoms with Crippen LogP contribution in [0.3, 0.4) is 0 Å². The highest BCUT2D eigenvalue weighted by Crippen LogP contribution is 2.20. The second kappa shape index (κ2) is 5.74. The van der Waals surface area contributed by atoms with Gasteiger partial charge in [0.2, 0.25) is 0 Å². The Labute approximate surface area is 102 Å². The number of carbonyl (C=O) groups is 1. The lowest BCUT2D eigenvalue weighted by molar-refractivity contribution is 0.0982. The average molecular weight is 296 g/mol. The molecule has 0 bridgehead atoms. The molecular weight excluding hydrogens is 287 g/mol. The zero-order valence-corrected chi connectivity index (χ0v) is 10.5. The van der Waals surface area contributed by atoms with E-state index in [4.69, 9.17) is 23.2 Å². The van der Waals surface area contributed by atoms with E-state index in [0.29, 0.717) is 22.0 Å². The van der Waals surface area contributed by atoms with Crippen LogP contribution in [0, 0.1) is 0 Å². The second-order valence-corrected chi connectivity index (χ2v) is 4.54. The van der Waals surface area contributed by atoms with E-state index in [1.54, 1.807) is 18.2 Å². The SMILES string of the molecule is O=C(CCCBr)c1cc(Cl)cc(Cl)c1. The molecule has 0 heterocycles. The first-order valence-electron chi connectivity index (χ1n) is 4.18.